The Morgan fingerprint density at radius 3 is 2.68 bits per heavy atom. The lowest BCUT2D eigenvalue weighted by molar-refractivity contribution is 0.0698. The Labute approximate surface area is 112 Å². The largest absolute Gasteiger partial charge is 0.478 e. The van der Waals surface area contributed by atoms with Crippen LogP contribution in [-0.2, 0) is 0 Å². The second kappa shape index (κ2) is 7.20. The topological polar surface area (TPSA) is 69.6 Å². The quantitative estimate of drug-likeness (QED) is 0.774. The van der Waals surface area contributed by atoms with Crippen molar-refractivity contribution in [2.75, 3.05) is 18.4 Å². The van der Waals surface area contributed by atoms with Crippen LogP contribution < -0.4 is 5.32 Å². The molecule has 2 amide bonds. The highest BCUT2D eigenvalue weighted by Crippen LogP contribution is 2.15. The van der Waals surface area contributed by atoms with Gasteiger partial charge in [0.15, 0.2) is 0 Å². The van der Waals surface area contributed by atoms with Crippen LogP contribution in [0.1, 0.15) is 23.7 Å². The first-order chi connectivity index (χ1) is 9.10. The Morgan fingerprint density at radius 1 is 1.42 bits per heavy atom. The summed E-state index contributed by atoms with van der Waals surface area (Å²) in [6, 6.07) is 6.00. The zero-order chi connectivity index (χ0) is 14.3. The van der Waals surface area contributed by atoms with Gasteiger partial charge in [0.05, 0.1) is 11.3 Å². The SMILES string of the molecule is C=CCN(CCC)C(=O)Nc1ccccc1C(=O)O. The maximum absolute atomic E-state index is 12.0. The molecule has 19 heavy (non-hydrogen) atoms. The van der Waals surface area contributed by atoms with E-state index in [0.717, 1.165) is 6.42 Å². The average Bonchev–Trinajstić information content (AvgIpc) is 2.38. The fraction of sp³-hybridized carbons (Fsp3) is 0.286. The molecule has 0 unspecified atom stereocenters. The molecule has 0 heterocycles. The number of carboxylic acids is 1. The molecule has 102 valence electrons. The lowest BCUT2D eigenvalue weighted by atomic mass is 10.2. The number of carboxylic acid groups (broad SMARTS) is 1. The predicted octanol–water partition coefficient (Wildman–Crippen LogP) is 2.81. The van der Waals surface area contributed by atoms with Gasteiger partial charge < -0.3 is 15.3 Å². The van der Waals surface area contributed by atoms with Crippen LogP contribution in [0.2, 0.25) is 0 Å². The van der Waals surface area contributed by atoms with Gasteiger partial charge in [-0.3, -0.25) is 0 Å². The van der Waals surface area contributed by atoms with Gasteiger partial charge in [0, 0.05) is 13.1 Å². The number of nitrogens with one attached hydrogen (secondary N) is 1. The Bertz CT molecular complexity index is 472. The Hall–Kier alpha value is -2.30. The smallest absolute Gasteiger partial charge is 0.337 e. The van der Waals surface area contributed by atoms with Crippen molar-refractivity contribution in [2.45, 2.75) is 13.3 Å². The Kier molecular flexibility index (Phi) is 5.60. The van der Waals surface area contributed by atoms with Crippen molar-refractivity contribution in [3.05, 3.63) is 42.5 Å². The molecule has 1 aromatic rings. The Morgan fingerprint density at radius 2 is 2.11 bits per heavy atom. The van der Waals surface area contributed by atoms with E-state index in [1.165, 1.54) is 6.07 Å². The molecule has 0 fully saturated rings. The number of anilines is 1. The fourth-order valence-corrected chi connectivity index (χ4v) is 1.67. The lowest BCUT2D eigenvalue weighted by Gasteiger charge is -2.21. The number of hydrogen-bond donors (Lipinski definition) is 2. The van der Waals surface area contributed by atoms with Crippen molar-refractivity contribution in [3.63, 3.8) is 0 Å². The summed E-state index contributed by atoms with van der Waals surface area (Å²) in [6.07, 6.45) is 2.46. The molecule has 0 bridgehead atoms. The molecule has 1 aromatic carbocycles. The second-order valence-electron chi connectivity index (χ2n) is 4.02. The van der Waals surface area contributed by atoms with Gasteiger partial charge in [0.1, 0.15) is 0 Å². The molecule has 0 aliphatic carbocycles. The van der Waals surface area contributed by atoms with Gasteiger partial charge in [-0.05, 0) is 18.6 Å². The first kappa shape index (κ1) is 14.8. The molecule has 5 heteroatoms. The third-order valence-electron chi connectivity index (χ3n) is 2.53. The molecule has 0 radical (unpaired) electrons. The van der Waals surface area contributed by atoms with Crippen molar-refractivity contribution in [1.29, 1.82) is 0 Å². The van der Waals surface area contributed by atoms with E-state index in [1.54, 1.807) is 29.2 Å². The number of carbonyl (C=O) groups is 2. The van der Waals surface area contributed by atoms with Crippen LogP contribution in [0.5, 0.6) is 0 Å². The molecule has 0 aliphatic heterocycles. The van der Waals surface area contributed by atoms with Crippen molar-refractivity contribution < 1.29 is 14.7 Å². The monoisotopic (exact) mass is 262 g/mol. The molecule has 0 aromatic heterocycles. The van der Waals surface area contributed by atoms with E-state index in [2.05, 4.69) is 11.9 Å². The highest BCUT2D eigenvalue weighted by molar-refractivity contribution is 5.99. The van der Waals surface area contributed by atoms with Crippen molar-refractivity contribution in [2.24, 2.45) is 0 Å². The summed E-state index contributed by atoms with van der Waals surface area (Å²) in [5.41, 5.74) is 0.371. The summed E-state index contributed by atoms with van der Waals surface area (Å²) in [5, 5.41) is 11.7. The second-order valence-corrected chi connectivity index (χ2v) is 4.02. The minimum atomic E-state index is -1.07. The van der Waals surface area contributed by atoms with Crippen LogP contribution in [0.3, 0.4) is 0 Å². The van der Waals surface area contributed by atoms with E-state index >= 15 is 0 Å². The van der Waals surface area contributed by atoms with Gasteiger partial charge in [-0.15, -0.1) is 6.58 Å². The highest BCUT2D eigenvalue weighted by Gasteiger charge is 2.15. The van der Waals surface area contributed by atoms with Crippen LogP contribution in [0.4, 0.5) is 10.5 Å². The van der Waals surface area contributed by atoms with Gasteiger partial charge in [0.2, 0.25) is 0 Å². The van der Waals surface area contributed by atoms with E-state index in [4.69, 9.17) is 5.11 Å². The third-order valence-corrected chi connectivity index (χ3v) is 2.53. The molecule has 0 saturated heterocycles. The van der Waals surface area contributed by atoms with Crippen molar-refractivity contribution >= 4 is 17.7 Å². The van der Waals surface area contributed by atoms with Gasteiger partial charge in [0.25, 0.3) is 0 Å². The van der Waals surface area contributed by atoms with Gasteiger partial charge >= 0.3 is 12.0 Å². The number of amides is 2. The van der Waals surface area contributed by atoms with E-state index in [1.807, 2.05) is 6.92 Å². The van der Waals surface area contributed by atoms with Gasteiger partial charge in [-0.25, -0.2) is 9.59 Å². The molecule has 0 atom stereocenters. The van der Waals surface area contributed by atoms with E-state index in [9.17, 15) is 9.59 Å². The number of urea groups is 1. The number of hydrogen-bond acceptors (Lipinski definition) is 2. The molecule has 2 N–H and O–H groups in total. The van der Waals surface area contributed by atoms with Crippen LogP contribution in [0, 0.1) is 0 Å². The van der Waals surface area contributed by atoms with E-state index < -0.39 is 5.97 Å². The number of aromatic carboxylic acids is 1. The first-order valence-corrected chi connectivity index (χ1v) is 6.09. The van der Waals surface area contributed by atoms with E-state index in [0.29, 0.717) is 18.8 Å². The Balaban J connectivity index is 2.85. The molecule has 0 spiro atoms. The minimum absolute atomic E-state index is 0.0749. The zero-order valence-corrected chi connectivity index (χ0v) is 10.9. The number of para-hydroxylation sites is 1. The minimum Gasteiger partial charge on any atom is -0.478 e. The molecular weight excluding hydrogens is 244 g/mol. The van der Waals surface area contributed by atoms with Crippen LogP contribution >= 0.6 is 0 Å². The van der Waals surface area contributed by atoms with Crippen molar-refractivity contribution in [1.82, 2.24) is 4.90 Å². The normalized spacial score (nSPS) is 9.74. The summed E-state index contributed by atoms with van der Waals surface area (Å²) in [6.45, 7) is 6.58. The molecule has 1 rings (SSSR count). The number of nitrogens with zero attached hydrogens (tertiary/aromatic N) is 1. The lowest BCUT2D eigenvalue weighted by Crippen LogP contribution is -2.36. The van der Waals surface area contributed by atoms with Crippen LogP contribution in [-0.4, -0.2) is 35.1 Å². The average molecular weight is 262 g/mol. The molecule has 5 nitrogen and oxygen atoms in total. The summed E-state index contributed by atoms with van der Waals surface area (Å²) in [4.78, 5) is 24.7. The van der Waals surface area contributed by atoms with Crippen molar-refractivity contribution in [3.8, 4) is 0 Å². The van der Waals surface area contributed by atoms with Crippen LogP contribution in [0.15, 0.2) is 36.9 Å². The number of carbonyl (C=O) groups excluding carboxylic acids is 1. The van der Waals surface area contributed by atoms with Gasteiger partial charge in [-0.1, -0.05) is 25.1 Å². The summed E-state index contributed by atoms with van der Waals surface area (Å²) < 4.78 is 0. The zero-order valence-electron chi connectivity index (χ0n) is 10.9. The summed E-state index contributed by atoms with van der Waals surface area (Å²) in [7, 11) is 0. The highest BCUT2D eigenvalue weighted by atomic mass is 16.4. The van der Waals surface area contributed by atoms with Crippen LogP contribution in [0.25, 0.3) is 0 Å². The fourth-order valence-electron chi connectivity index (χ4n) is 1.67. The molecule has 0 aliphatic rings. The third kappa shape index (κ3) is 4.13. The predicted molar refractivity (Wildman–Crippen MR) is 74.5 cm³/mol. The van der Waals surface area contributed by atoms with E-state index in [-0.39, 0.29) is 11.6 Å². The first-order valence-electron chi connectivity index (χ1n) is 6.09. The van der Waals surface area contributed by atoms with Gasteiger partial charge in [-0.2, -0.15) is 0 Å². The number of benzene rings is 1. The maximum Gasteiger partial charge on any atom is 0.337 e. The number of rotatable bonds is 6. The standard InChI is InChI=1S/C14H18N2O3/c1-3-9-16(10-4-2)14(19)15-12-8-6-5-7-11(12)13(17)18/h3,5-8H,1,4,9-10H2,2H3,(H,15,19)(H,17,18). The summed E-state index contributed by atoms with van der Waals surface area (Å²) >= 11 is 0. The summed E-state index contributed by atoms with van der Waals surface area (Å²) in [5.74, 6) is -1.07. The molecule has 0 saturated carbocycles. The molecular formula is C14H18N2O3. The maximum atomic E-state index is 12.0.